The van der Waals surface area contributed by atoms with Crippen molar-refractivity contribution in [3.8, 4) is 0 Å². The van der Waals surface area contributed by atoms with Crippen molar-refractivity contribution in [2.24, 2.45) is 0 Å². The van der Waals surface area contributed by atoms with Crippen molar-refractivity contribution < 1.29 is 0 Å². The van der Waals surface area contributed by atoms with Crippen molar-refractivity contribution in [2.45, 2.75) is 12.8 Å². The standard InChI is InChI=1S/C10H10/c1-2-4-6-10-8-7-9(10)5-3-1/h1-6H,7-8H2/b2-1-,3-1?,4-2?,5-3-,6-4-,9-5?,10-6?. The van der Waals surface area contributed by atoms with Crippen LogP contribution in [0.1, 0.15) is 12.8 Å². The van der Waals surface area contributed by atoms with E-state index in [2.05, 4.69) is 36.5 Å². The molecule has 0 nitrogen and oxygen atoms in total. The van der Waals surface area contributed by atoms with Crippen LogP contribution in [0.3, 0.4) is 0 Å². The molecule has 0 N–H and O–H groups in total. The fourth-order valence-electron chi connectivity index (χ4n) is 1.27. The first-order valence-electron chi connectivity index (χ1n) is 3.70. The van der Waals surface area contributed by atoms with Crippen LogP contribution in [0.25, 0.3) is 0 Å². The Kier molecular flexibility index (Phi) is 1.31. The van der Waals surface area contributed by atoms with E-state index in [-0.39, 0.29) is 0 Å². The Balaban J connectivity index is 2.34. The minimum absolute atomic E-state index is 1.27. The molecule has 0 saturated carbocycles. The van der Waals surface area contributed by atoms with Crippen LogP contribution in [0, 0.1) is 0 Å². The third-order valence-corrected chi connectivity index (χ3v) is 2.00. The molecule has 0 heterocycles. The Labute approximate surface area is 61.3 Å². The van der Waals surface area contributed by atoms with Crippen molar-refractivity contribution in [1.29, 1.82) is 0 Å². The summed E-state index contributed by atoms with van der Waals surface area (Å²) in [6.07, 6.45) is 15.3. The third-order valence-electron chi connectivity index (χ3n) is 2.00. The lowest BCUT2D eigenvalue weighted by atomic mass is 9.87. The van der Waals surface area contributed by atoms with Crippen molar-refractivity contribution in [3.63, 3.8) is 0 Å². The van der Waals surface area contributed by atoms with Crippen molar-refractivity contribution in [1.82, 2.24) is 0 Å². The Bertz CT molecular complexity index is 223. The molecule has 2 aliphatic carbocycles. The molecule has 50 valence electrons. The summed E-state index contributed by atoms with van der Waals surface area (Å²) in [7, 11) is 0. The third kappa shape index (κ3) is 0.860. The Morgan fingerprint density at radius 2 is 1.20 bits per heavy atom. The van der Waals surface area contributed by atoms with Gasteiger partial charge < -0.3 is 0 Å². The quantitative estimate of drug-likeness (QED) is 0.473. The van der Waals surface area contributed by atoms with Gasteiger partial charge in [0.2, 0.25) is 0 Å². The van der Waals surface area contributed by atoms with Crippen molar-refractivity contribution in [2.75, 3.05) is 0 Å². The van der Waals surface area contributed by atoms with Gasteiger partial charge in [-0.25, -0.2) is 0 Å². The number of rotatable bonds is 0. The van der Waals surface area contributed by atoms with Gasteiger partial charge in [0.25, 0.3) is 0 Å². The summed E-state index contributed by atoms with van der Waals surface area (Å²) in [6, 6.07) is 0. The fraction of sp³-hybridized carbons (Fsp3) is 0.200. The van der Waals surface area contributed by atoms with Crippen LogP contribution in [0.15, 0.2) is 47.6 Å². The lowest BCUT2D eigenvalue weighted by Crippen LogP contribution is -1.99. The van der Waals surface area contributed by atoms with Gasteiger partial charge in [0.1, 0.15) is 0 Å². The Morgan fingerprint density at radius 1 is 0.700 bits per heavy atom. The summed E-state index contributed by atoms with van der Waals surface area (Å²) in [5, 5.41) is 0. The summed E-state index contributed by atoms with van der Waals surface area (Å²) in [5.74, 6) is 0. The van der Waals surface area contributed by atoms with Gasteiger partial charge >= 0.3 is 0 Å². The Hall–Kier alpha value is -1.04. The lowest BCUT2D eigenvalue weighted by Gasteiger charge is -2.18. The van der Waals surface area contributed by atoms with E-state index in [0.717, 1.165) is 0 Å². The molecule has 2 rings (SSSR count). The molecule has 0 amide bonds. The summed E-state index contributed by atoms with van der Waals surface area (Å²) in [5.41, 5.74) is 3.03. The fourth-order valence-corrected chi connectivity index (χ4v) is 1.27. The molecule has 0 aromatic heterocycles. The van der Waals surface area contributed by atoms with Gasteiger partial charge in [-0.1, -0.05) is 36.5 Å². The van der Waals surface area contributed by atoms with Gasteiger partial charge in [-0.2, -0.15) is 0 Å². The number of hydrogen-bond donors (Lipinski definition) is 0. The highest BCUT2D eigenvalue weighted by Gasteiger charge is 2.11. The number of hydrogen-bond acceptors (Lipinski definition) is 0. The van der Waals surface area contributed by atoms with Gasteiger partial charge in [0, 0.05) is 0 Å². The second-order valence-electron chi connectivity index (χ2n) is 2.65. The van der Waals surface area contributed by atoms with Gasteiger partial charge in [0.05, 0.1) is 0 Å². The van der Waals surface area contributed by atoms with E-state index >= 15 is 0 Å². The van der Waals surface area contributed by atoms with Crippen LogP contribution in [0.4, 0.5) is 0 Å². The van der Waals surface area contributed by atoms with Crippen molar-refractivity contribution in [3.05, 3.63) is 47.6 Å². The average Bonchev–Trinajstić information content (AvgIpc) is 1.89. The zero-order valence-electron chi connectivity index (χ0n) is 5.88. The highest BCUT2D eigenvalue weighted by molar-refractivity contribution is 5.43. The van der Waals surface area contributed by atoms with Crippen LogP contribution in [-0.2, 0) is 0 Å². The molecule has 10 heavy (non-hydrogen) atoms. The topological polar surface area (TPSA) is 0 Å². The lowest BCUT2D eigenvalue weighted by molar-refractivity contribution is 0.855. The monoisotopic (exact) mass is 130 g/mol. The molecule has 2 aliphatic rings. The maximum absolute atomic E-state index is 2.21. The van der Waals surface area contributed by atoms with Gasteiger partial charge in [-0.3, -0.25) is 0 Å². The molecule has 0 aromatic rings. The van der Waals surface area contributed by atoms with Crippen LogP contribution in [0.2, 0.25) is 0 Å². The predicted molar refractivity (Wildman–Crippen MR) is 43.7 cm³/mol. The molecule has 0 atom stereocenters. The van der Waals surface area contributed by atoms with E-state index in [1.807, 2.05) is 0 Å². The highest BCUT2D eigenvalue weighted by atomic mass is 14.2. The molecule has 0 bridgehead atoms. The maximum Gasteiger partial charge on any atom is -0.0235 e. The first-order chi connectivity index (χ1) is 4.97. The van der Waals surface area contributed by atoms with E-state index in [9.17, 15) is 0 Å². The first-order valence-corrected chi connectivity index (χ1v) is 3.70. The first kappa shape index (κ1) is 5.72. The van der Waals surface area contributed by atoms with E-state index in [1.165, 1.54) is 24.0 Å². The minimum atomic E-state index is 1.27. The summed E-state index contributed by atoms with van der Waals surface area (Å²) in [6.45, 7) is 0. The molecule has 0 unspecified atom stereocenters. The molecule has 0 aromatic carbocycles. The van der Waals surface area contributed by atoms with E-state index in [4.69, 9.17) is 0 Å². The molecule has 0 radical (unpaired) electrons. The molecule has 0 fully saturated rings. The zero-order chi connectivity index (χ0) is 6.81. The molecular formula is C10H10. The van der Waals surface area contributed by atoms with E-state index < -0.39 is 0 Å². The van der Waals surface area contributed by atoms with Gasteiger partial charge in [0.15, 0.2) is 0 Å². The van der Waals surface area contributed by atoms with Gasteiger partial charge in [-0.05, 0) is 24.0 Å². The van der Waals surface area contributed by atoms with Crippen LogP contribution in [0.5, 0.6) is 0 Å². The minimum Gasteiger partial charge on any atom is -0.0623 e. The molecule has 0 heteroatoms. The van der Waals surface area contributed by atoms with Crippen molar-refractivity contribution >= 4 is 0 Å². The SMILES string of the molecule is C1=C\C=C/C2=C(\C=C/1)CC2. The zero-order valence-corrected chi connectivity index (χ0v) is 5.88. The second-order valence-corrected chi connectivity index (χ2v) is 2.65. The summed E-state index contributed by atoms with van der Waals surface area (Å²) >= 11 is 0. The van der Waals surface area contributed by atoms with Gasteiger partial charge in [-0.15, -0.1) is 0 Å². The van der Waals surface area contributed by atoms with Crippen LogP contribution in [-0.4, -0.2) is 0 Å². The van der Waals surface area contributed by atoms with E-state index in [1.54, 1.807) is 0 Å². The molecular weight excluding hydrogens is 120 g/mol. The normalized spacial score (nSPS) is 31.2. The highest BCUT2D eigenvalue weighted by Crippen LogP contribution is 2.30. The summed E-state index contributed by atoms with van der Waals surface area (Å²) < 4.78 is 0. The van der Waals surface area contributed by atoms with Crippen LogP contribution >= 0.6 is 0 Å². The molecule has 0 saturated heterocycles. The summed E-state index contributed by atoms with van der Waals surface area (Å²) in [4.78, 5) is 0. The second kappa shape index (κ2) is 2.30. The average molecular weight is 130 g/mol. The van der Waals surface area contributed by atoms with Crippen LogP contribution < -0.4 is 0 Å². The largest absolute Gasteiger partial charge is 0.0623 e. The maximum atomic E-state index is 2.21. The molecule has 0 spiro atoms. The van der Waals surface area contributed by atoms with E-state index in [0.29, 0.717) is 0 Å². The Morgan fingerprint density at radius 3 is 1.60 bits per heavy atom. The predicted octanol–water partition coefficient (Wildman–Crippen LogP) is 2.76. The smallest absolute Gasteiger partial charge is 0.0235 e. The number of allylic oxidation sites excluding steroid dienone is 8. The molecule has 0 aliphatic heterocycles.